The number of hydrogen-bond donors (Lipinski definition) is 4. The highest BCUT2D eigenvalue weighted by molar-refractivity contribution is 6.30. The van der Waals surface area contributed by atoms with Gasteiger partial charge in [-0.1, -0.05) is 49.7 Å². The molecule has 11 heteroatoms. The van der Waals surface area contributed by atoms with Crippen LogP contribution in [0.2, 0.25) is 5.15 Å². The monoisotopic (exact) mass is 473 g/mol. The van der Waals surface area contributed by atoms with E-state index in [1.54, 1.807) is 24.3 Å². The number of hydrogen-bond acceptors (Lipinski definition) is 7. The number of fused-ring (bicyclic) bond motifs is 1. The second-order valence-electron chi connectivity index (χ2n) is 8.92. The number of halogens is 1. The fraction of sp³-hybridized carbons (Fsp3) is 0.455. The van der Waals surface area contributed by atoms with Crippen molar-refractivity contribution in [2.24, 2.45) is 5.73 Å². The predicted octanol–water partition coefficient (Wildman–Crippen LogP) is 1.38. The van der Waals surface area contributed by atoms with E-state index in [0.29, 0.717) is 44.0 Å². The third-order valence-corrected chi connectivity index (χ3v) is 6.30. The first-order valence-corrected chi connectivity index (χ1v) is 11.2. The topological polar surface area (TPSA) is 138 Å². The van der Waals surface area contributed by atoms with Crippen molar-refractivity contribution in [1.82, 2.24) is 19.9 Å². The average molecular weight is 474 g/mol. The number of anilines is 1. The Balaban J connectivity index is 1.57. The van der Waals surface area contributed by atoms with Crippen LogP contribution >= 0.6 is 11.6 Å². The molecular formula is C22H28ClN7O3. The summed E-state index contributed by atoms with van der Waals surface area (Å²) < 4.78 is 6.82. The van der Waals surface area contributed by atoms with Gasteiger partial charge in [-0.25, -0.2) is 9.99 Å². The molecule has 0 bridgehead atoms. The first kappa shape index (κ1) is 23.2. The van der Waals surface area contributed by atoms with E-state index in [4.69, 9.17) is 27.5 Å². The summed E-state index contributed by atoms with van der Waals surface area (Å²) in [5, 5.41) is 12.5. The molecular weight excluding hydrogens is 446 g/mol. The van der Waals surface area contributed by atoms with Gasteiger partial charge < -0.3 is 15.8 Å². The molecule has 1 fully saturated rings. The number of ether oxygens (including phenoxy) is 1. The van der Waals surface area contributed by atoms with E-state index in [1.165, 1.54) is 4.57 Å². The van der Waals surface area contributed by atoms with E-state index in [1.807, 2.05) is 18.9 Å². The number of amides is 1. The number of nitrogens with zero attached hydrogens (tertiary/aromatic N) is 3. The summed E-state index contributed by atoms with van der Waals surface area (Å²) in [4.78, 5) is 30.9. The van der Waals surface area contributed by atoms with Gasteiger partial charge in [-0.2, -0.15) is 0 Å². The molecule has 0 spiro atoms. The maximum atomic E-state index is 13.4. The summed E-state index contributed by atoms with van der Waals surface area (Å²) in [6, 6.07) is 6.38. The number of carbonyl (C=O) groups excluding carboxylic acids is 1. The second kappa shape index (κ2) is 9.12. The molecule has 4 rings (SSSR count). The van der Waals surface area contributed by atoms with Crippen LogP contribution in [0.3, 0.4) is 0 Å². The van der Waals surface area contributed by atoms with Crippen molar-refractivity contribution in [1.29, 1.82) is 5.41 Å². The number of hydrazine groups is 1. The smallest absolute Gasteiger partial charge is 0.295 e. The van der Waals surface area contributed by atoms with Crippen LogP contribution in [0.1, 0.15) is 43.1 Å². The predicted molar refractivity (Wildman–Crippen MR) is 126 cm³/mol. The second-order valence-corrected chi connectivity index (χ2v) is 9.28. The van der Waals surface area contributed by atoms with E-state index in [0.717, 1.165) is 5.56 Å². The Kier molecular flexibility index (Phi) is 6.42. The van der Waals surface area contributed by atoms with Crippen LogP contribution in [0.5, 0.6) is 0 Å². The molecule has 0 aliphatic carbocycles. The molecule has 0 unspecified atom stereocenters. The molecule has 1 aromatic carbocycles. The van der Waals surface area contributed by atoms with Gasteiger partial charge in [0.1, 0.15) is 11.9 Å². The summed E-state index contributed by atoms with van der Waals surface area (Å²) in [5.41, 5.74) is 9.70. The molecule has 5 N–H and O–H groups in total. The van der Waals surface area contributed by atoms with Gasteiger partial charge in [0.05, 0.1) is 18.9 Å². The lowest BCUT2D eigenvalue weighted by atomic mass is 9.87. The van der Waals surface area contributed by atoms with E-state index < -0.39 is 11.5 Å². The lowest BCUT2D eigenvalue weighted by molar-refractivity contribution is -0.124. The van der Waals surface area contributed by atoms with Crippen molar-refractivity contribution in [2.45, 2.75) is 38.3 Å². The van der Waals surface area contributed by atoms with Crippen LogP contribution in [-0.2, 0) is 21.5 Å². The molecule has 1 aromatic heterocycles. The standard InChI is InChI=1S/C22H28ClN7O3/c1-22(2)11-15(20(31)26-12-13-3-5-14(6-4-13)18(24)25)30-16(22)17(23)27-19(21(30)32)28-29-7-9-33-10-8-29/h3-6,15H,7-12H2,1-2H3,(H3,24,25)(H,26,31)(H,27,28)/t15-/m0/s1. The zero-order valence-electron chi connectivity index (χ0n) is 18.7. The van der Waals surface area contributed by atoms with Gasteiger partial charge in [-0.3, -0.25) is 25.0 Å². The van der Waals surface area contributed by atoms with E-state index >= 15 is 0 Å². The van der Waals surface area contributed by atoms with Crippen molar-refractivity contribution in [3.63, 3.8) is 0 Å². The van der Waals surface area contributed by atoms with Crippen LogP contribution in [0, 0.1) is 5.41 Å². The van der Waals surface area contributed by atoms with Crippen LogP contribution in [0.4, 0.5) is 5.82 Å². The zero-order valence-corrected chi connectivity index (χ0v) is 19.4. The number of nitrogen functional groups attached to an aromatic ring is 1. The van der Waals surface area contributed by atoms with E-state index in [9.17, 15) is 9.59 Å². The molecule has 1 atom stereocenters. The number of nitrogens with one attached hydrogen (secondary N) is 3. The maximum Gasteiger partial charge on any atom is 0.295 e. The van der Waals surface area contributed by atoms with Crippen LogP contribution in [0.25, 0.3) is 0 Å². The summed E-state index contributed by atoms with van der Waals surface area (Å²) in [6.45, 7) is 6.52. The van der Waals surface area contributed by atoms with Crippen molar-refractivity contribution in [3.8, 4) is 0 Å². The van der Waals surface area contributed by atoms with Gasteiger partial charge in [-0.15, -0.1) is 0 Å². The molecule has 1 amide bonds. The molecule has 0 saturated carbocycles. The van der Waals surface area contributed by atoms with Crippen molar-refractivity contribution in [3.05, 3.63) is 56.6 Å². The molecule has 1 saturated heterocycles. The minimum absolute atomic E-state index is 0.0123. The molecule has 0 radical (unpaired) electrons. The zero-order chi connectivity index (χ0) is 23.8. The number of rotatable bonds is 6. The summed E-state index contributed by atoms with van der Waals surface area (Å²) >= 11 is 6.52. The highest BCUT2D eigenvalue weighted by atomic mass is 35.5. The number of amidine groups is 1. The summed E-state index contributed by atoms with van der Waals surface area (Å²) in [7, 11) is 0. The Morgan fingerprint density at radius 1 is 1.30 bits per heavy atom. The normalized spacial score (nSPS) is 19.7. The highest BCUT2D eigenvalue weighted by Crippen LogP contribution is 2.42. The molecule has 176 valence electrons. The Morgan fingerprint density at radius 2 is 1.97 bits per heavy atom. The molecule has 2 aliphatic rings. The minimum Gasteiger partial charge on any atom is -0.384 e. The Labute approximate surface area is 196 Å². The fourth-order valence-corrected chi connectivity index (χ4v) is 4.74. The minimum atomic E-state index is -0.704. The van der Waals surface area contributed by atoms with Crippen molar-refractivity contribution in [2.75, 3.05) is 31.7 Å². The fourth-order valence-electron chi connectivity index (χ4n) is 4.30. The lowest BCUT2D eigenvalue weighted by Crippen LogP contribution is -2.43. The molecule has 10 nitrogen and oxygen atoms in total. The number of nitrogens with two attached hydrogens (primary N) is 1. The molecule has 2 aliphatic heterocycles. The molecule has 3 heterocycles. The lowest BCUT2D eigenvalue weighted by Gasteiger charge is -2.27. The van der Waals surface area contributed by atoms with Crippen molar-refractivity contribution >= 4 is 29.2 Å². The van der Waals surface area contributed by atoms with Gasteiger partial charge in [0.25, 0.3) is 5.56 Å². The highest BCUT2D eigenvalue weighted by Gasteiger charge is 2.44. The summed E-state index contributed by atoms with van der Waals surface area (Å²) in [6.07, 6.45) is 0.430. The first-order valence-electron chi connectivity index (χ1n) is 10.8. The van der Waals surface area contributed by atoms with Gasteiger partial charge in [0.2, 0.25) is 11.7 Å². The van der Waals surface area contributed by atoms with Gasteiger partial charge in [-0.05, 0) is 12.0 Å². The van der Waals surface area contributed by atoms with E-state index in [-0.39, 0.29) is 34.8 Å². The van der Waals surface area contributed by atoms with Gasteiger partial charge >= 0.3 is 0 Å². The van der Waals surface area contributed by atoms with Crippen molar-refractivity contribution < 1.29 is 9.53 Å². The third-order valence-electron chi connectivity index (χ3n) is 6.03. The quantitative estimate of drug-likeness (QED) is 0.367. The van der Waals surface area contributed by atoms with Crippen LogP contribution in [-0.4, -0.2) is 52.6 Å². The molecule has 33 heavy (non-hydrogen) atoms. The van der Waals surface area contributed by atoms with E-state index in [2.05, 4.69) is 15.7 Å². The van der Waals surface area contributed by atoms with Crippen LogP contribution in [0.15, 0.2) is 29.1 Å². The Bertz CT molecular complexity index is 1120. The SMILES string of the molecule is CC1(C)C[C@@H](C(=O)NCc2ccc(C(=N)N)cc2)n2c1c(Cl)nc(NN1CCOCC1)c2=O. The number of carbonyl (C=O) groups is 1. The summed E-state index contributed by atoms with van der Waals surface area (Å²) in [5.74, 6) is -0.179. The first-order chi connectivity index (χ1) is 15.7. The van der Waals surface area contributed by atoms with Gasteiger partial charge in [0.15, 0.2) is 5.15 Å². The number of aromatic nitrogens is 2. The largest absolute Gasteiger partial charge is 0.384 e. The average Bonchev–Trinajstić information content (AvgIpc) is 3.08. The number of morpholine rings is 1. The Hall–Kier alpha value is -2.95. The third kappa shape index (κ3) is 4.73. The van der Waals surface area contributed by atoms with Gasteiger partial charge in [0, 0.05) is 30.6 Å². The molecule has 2 aromatic rings. The Morgan fingerprint density at radius 3 is 2.61 bits per heavy atom. The van der Waals surface area contributed by atoms with Crippen LogP contribution < -0.4 is 22.0 Å². The number of benzene rings is 1. The maximum absolute atomic E-state index is 13.4.